The molecule has 6 nitrogen and oxygen atoms in total. The number of aliphatic imine (C=N–C) groups is 1. The van der Waals surface area contributed by atoms with Crippen LogP contribution in [0.1, 0.15) is 19.4 Å². The molecule has 0 atom stereocenters. The first-order valence-electron chi connectivity index (χ1n) is 7.16. The number of benzene rings is 1. The molecule has 0 unspecified atom stereocenters. The minimum atomic E-state index is -0.394. The first kappa shape index (κ1) is 17.6. The molecule has 124 valence electrons. The van der Waals surface area contributed by atoms with E-state index in [2.05, 4.69) is 16.2 Å². The van der Waals surface area contributed by atoms with Crippen LogP contribution in [0, 0.1) is 12.3 Å². The van der Waals surface area contributed by atoms with Crippen molar-refractivity contribution in [2.45, 2.75) is 13.8 Å². The van der Waals surface area contributed by atoms with Gasteiger partial charge in [-0.1, -0.05) is 12.0 Å². The Morgan fingerprint density at radius 3 is 2.88 bits per heavy atom. The summed E-state index contributed by atoms with van der Waals surface area (Å²) in [4.78, 5) is 27.1. The molecule has 24 heavy (non-hydrogen) atoms. The van der Waals surface area contributed by atoms with E-state index >= 15 is 0 Å². The van der Waals surface area contributed by atoms with Crippen molar-refractivity contribution in [2.75, 3.05) is 13.2 Å². The molecule has 1 aromatic rings. The van der Waals surface area contributed by atoms with E-state index in [0.29, 0.717) is 23.0 Å². The molecule has 0 saturated heterocycles. The van der Waals surface area contributed by atoms with Gasteiger partial charge in [-0.05, 0) is 42.5 Å². The SMILES string of the molecule is C#CCOc1ccc(/C=C2\SC(NC(C)=O)=NC2=O)cc1OCC. The average molecular weight is 344 g/mol. The summed E-state index contributed by atoms with van der Waals surface area (Å²) in [6.07, 6.45) is 6.87. The Morgan fingerprint density at radius 2 is 2.21 bits per heavy atom. The van der Waals surface area contributed by atoms with Gasteiger partial charge in [0.1, 0.15) is 6.61 Å². The smallest absolute Gasteiger partial charge is 0.286 e. The van der Waals surface area contributed by atoms with Gasteiger partial charge >= 0.3 is 0 Å². The van der Waals surface area contributed by atoms with Crippen LogP contribution in [0.15, 0.2) is 28.1 Å². The molecule has 0 bridgehead atoms. The molecule has 0 fully saturated rings. The van der Waals surface area contributed by atoms with Gasteiger partial charge in [-0.25, -0.2) is 0 Å². The Balaban J connectivity index is 2.21. The molecule has 1 aliphatic rings. The molecule has 0 saturated carbocycles. The predicted octanol–water partition coefficient (Wildman–Crippen LogP) is 2.20. The standard InChI is InChI=1S/C17H16N2O4S/c1-4-8-23-13-7-6-12(9-14(13)22-5-2)10-15-16(21)19-17(24-15)18-11(3)20/h1,6-7,9-10H,5,8H2,2-3H3,(H,18,19,20,21)/b15-10-. The molecular formula is C17H16N2O4S. The van der Waals surface area contributed by atoms with E-state index in [4.69, 9.17) is 15.9 Å². The van der Waals surface area contributed by atoms with Crippen LogP contribution in [0.4, 0.5) is 0 Å². The number of amidine groups is 1. The number of ether oxygens (including phenoxy) is 2. The third-order valence-corrected chi connectivity index (χ3v) is 3.68. The van der Waals surface area contributed by atoms with E-state index < -0.39 is 5.91 Å². The number of nitrogens with zero attached hydrogens (tertiary/aromatic N) is 1. The highest BCUT2D eigenvalue weighted by molar-refractivity contribution is 8.18. The van der Waals surface area contributed by atoms with Crippen LogP contribution in [0.3, 0.4) is 0 Å². The van der Waals surface area contributed by atoms with E-state index in [1.54, 1.807) is 24.3 Å². The summed E-state index contributed by atoms with van der Waals surface area (Å²) in [5.41, 5.74) is 0.752. The zero-order chi connectivity index (χ0) is 17.5. The summed E-state index contributed by atoms with van der Waals surface area (Å²) in [6, 6.07) is 5.27. The molecule has 0 aliphatic carbocycles. The number of rotatable bonds is 5. The fourth-order valence-corrected chi connectivity index (χ4v) is 2.75. The molecule has 0 spiro atoms. The molecule has 2 amide bonds. The van der Waals surface area contributed by atoms with E-state index in [9.17, 15) is 9.59 Å². The third-order valence-electron chi connectivity index (χ3n) is 2.78. The number of amides is 2. The fourth-order valence-electron chi connectivity index (χ4n) is 1.89. The second kappa shape index (κ2) is 8.22. The minimum Gasteiger partial charge on any atom is -0.490 e. The first-order chi connectivity index (χ1) is 11.5. The number of hydrogen-bond donors (Lipinski definition) is 1. The topological polar surface area (TPSA) is 77.0 Å². The number of thioether (sulfide) groups is 1. The summed E-state index contributed by atoms with van der Waals surface area (Å²) in [6.45, 7) is 3.83. The quantitative estimate of drug-likeness (QED) is 0.654. The van der Waals surface area contributed by atoms with Gasteiger partial charge in [0.05, 0.1) is 11.5 Å². The average Bonchev–Trinajstić information content (AvgIpc) is 2.85. The molecule has 1 aliphatic heterocycles. The van der Waals surface area contributed by atoms with E-state index in [1.165, 1.54) is 6.92 Å². The molecule has 1 heterocycles. The van der Waals surface area contributed by atoms with Crippen molar-refractivity contribution in [3.05, 3.63) is 28.7 Å². The molecular weight excluding hydrogens is 328 g/mol. The monoisotopic (exact) mass is 344 g/mol. The Bertz CT molecular complexity index is 762. The van der Waals surface area contributed by atoms with Crippen LogP contribution in [0.2, 0.25) is 0 Å². The summed E-state index contributed by atoms with van der Waals surface area (Å²) in [5.74, 6) is 2.81. The maximum Gasteiger partial charge on any atom is 0.286 e. The Labute approximate surface area is 144 Å². The van der Waals surface area contributed by atoms with Gasteiger partial charge in [-0.2, -0.15) is 4.99 Å². The van der Waals surface area contributed by atoms with Crippen LogP contribution in [0.25, 0.3) is 6.08 Å². The van der Waals surface area contributed by atoms with E-state index in [0.717, 1.165) is 17.3 Å². The van der Waals surface area contributed by atoms with Gasteiger partial charge in [0.25, 0.3) is 5.91 Å². The molecule has 7 heteroatoms. The lowest BCUT2D eigenvalue weighted by Gasteiger charge is -2.11. The largest absolute Gasteiger partial charge is 0.490 e. The summed E-state index contributed by atoms with van der Waals surface area (Å²) < 4.78 is 11.0. The van der Waals surface area contributed by atoms with Gasteiger partial charge in [0.15, 0.2) is 16.7 Å². The number of nitrogens with one attached hydrogen (secondary N) is 1. The lowest BCUT2D eigenvalue weighted by Crippen LogP contribution is -2.23. The first-order valence-corrected chi connectivity index (χ1v) is 7.98. The maximum atomic E-state index is 11.9. The highest BCUT2D eigenvalue weighted by atomic mass is 32.2. The highest BCUT2D eigenvalue weighted by Crippen LogP contribution is 2.32. The lowest BCUT2D eigenvalue weighted by atomic mass is 10.2. The van der Waals surface area contributed by atoms with Gasteiger partial charge < -0.3 is 14.8 Å². The normalized spacial score (nSPS) is 15.0. The number of terminal acetylenes is 1. The van der Waals surface area contributed by atoms with Crippen molar-refractivity contribution in [2.24, 2.45) is 4.99 Å². The molecule has 0 aromatic heterocycles. The minimum absolute atomic E-state index is 0.142. The van der Waals surface area contributed by atoms with Crippen LogP contribution in [-0.2, 0) is 9.59 Å². The van der Waals surface area contributed by atoms with Gasteiger partial charge in [-0.15, -0.1) is 6.42 Å². The third kappa shape index (κ3) is 4.64. The summed E-state index contributed by atoms with van der Waals surface area (Å²) >= 11 is 1.11. The van der Waals surface area contributed by atoms with Crippen molar-refractivity contribution in [3.63, 3.8) is 0 Å². The Morgan fingerprint density at radius 1 is 1.42 bits per heavy atom. The van der Waals surface area contributed by atoms with Crippen LogP contribution in [0.5, 0.6) is 11.5 Å². The summed E-state index contributed by atoms with van der Waals surface area (Å²) in [7, 11) is 0. The van der Waals surface area contributed by atoms with Crippen molar-refractivity contribution in [1.82, 2.24) is 5.32 Å². The molecule has 1 aromatic carbocycles. The van der Waals surface area contributed by atoms with Crippen LogP contribution < -0.4 is 14.8 Å². The highest BCUT2D eigenvalue weighted by Gasteiger charge is 2.22. The van der Waals surface area contributed by atoms with Crippen molar-refractivity contribution in [3.8, 4) is 23.8 Å². The van der Waals surface area contributed by atoms with Crippen LogP contribution >= 0.6 is 11.8 Å². The van der Waals surface area contributed by atoms with Gasteiger partial charge in [-0.3, -0.25) is 9.59 Å². The fraction of sp³-hybridized carbons (Fsp3) is 0.235. The van der Waals surface area contributed by atoms with E-state index in [1.807, 2.05) is 6.92 Å². The van der Waals surface area contributed by atoms with Crippen molar-refractivity contribution in [1.29, 1.82) is 0 Å². The predicted molar refractivity (Wildman–Crippen MR) is 93.8 cm³/mol. The summed E-state index contributed by atoms with van der Waals surface area (Å²) in [5, 5.41) is 2.78. The van der Waals surface area contributed by atoms with Gasteiger partial charge in [0, 0.05) is 6.92 Å². The Kier molecular flexibility index (Phi) is 6.04. The Hall–Kier alpha value is -2.72. The lowest BCUT2D eigenvalue weighted by molar-refractivity contribution is -0.117. The second-order valence-electron chi connectivity index (χ2n) is 4.65. The number of carbonyl (C=O) groups is 2. The number of carbonyl (C=O) groups excluding carboxylic acids is 2. The zero-order valence-corrected chi connectivity index (χ0v) is 14.1. The maximum absolute atomic E-state index is 11.9. The second-order valence-corrected chi connectivity index (χ2v) is 5.68. The molecule has 2 rings (SSSR count). The van der Waals surface area contributed by atoms with E-state index in [-0.39, 0.29) is 17.7 Å². The number of hydrogen-bond acceptors (Lipinski definition) is 5. The van der Waals surface area contributed by atoms with Crippen molar-refractivity contribution < 1.29 is 19.1 Å². The zero-order valence-electron chi connectivity index (χ0n) is 13.3. The molecule has 0 radical (unpaired) electrons. The molecule has 1 N–H and O–H groups in total. The van der Waals surface area contributed by atoms with Crippen LogP contribution in [-0.4, -0.2) is 30.2 Å². The van der Waals surface area contributed by atoms with Gasteiger partial charge in [0.2, 0.25) is 5.91 Å². The van der Waals surface area contributed by atoms with Crippen molar-refractivity contribution >= 4 is 34.8 Å².